The Labute approximate surface area is 174 Å². The number of carbonyl (C=O) groups is 1. The quantitative estimate of drug-likeness (QED) is 0.499. The van der Waals surface area contributed by atoms with Crippen LogP contribution < -0.4 is 10.1 Å². The molecule has 0 fully saturated rings. The standard InChI is InChI=1S/C23H24N4O3/c1-15(9-12-29-19-6-4-18(5-7-19)23-24-10-13-30-23)26-22(28)20-8-11-27-17(3)14-16(2)25-21(20)27/h4-8,10-11,13-15H,9,12H2,1-3H3,(H,26,28). The van der Waals surface area contributed by atoms with Gasteiger partial charge in [-0.2, -0.15) is 0 Å². The normalized spacial score (nSPS) is 12.1. The van der Waals surface area contributed by atoms with Crippen LogP contribution in [0, 0.1) is 13.8 Å². The Morgan fingerprint density at radius 1 is 1.23 bits per heavy atom. The zero-order valence-corrected chi connectivity index (χ0v) is 17.3. The number of carbonyl (C=O) groups excluding carboxylic acids is 1. The second kappa shape index (κ2) is 8.41. The third-order valence-corrected chi connectivity index (χ3v) is 4.91. The fourth-order valence-corrected chi connectivity index (χ4v) is 3.36. The highest BCUT2D eigenvalue weighted by molar-refractivity contribution is 6.00. The molecule has 7 heteroatoms. The van der Waals surface area contributed by atoms with Crippen molar-refractivity contribution >= 4 is 11.6 Å². The number of nitrogens with zero attached hydrogens (tertiary/aromatic N) is 3. The molecule has 3 heterocycles. The van der Waals surface area contributed by atoms with Crippen molar-refractivity contribution < 1.29 is 13.9 Å². The minimum absolute atomic E-state index is 0.0371. The molecule has 0 aliphatic rings. The second-order valence-electron chi connectivity index (χ2n) is 7.34. The number of aromatic nitrogens is 3. The molecule has 1 aromatic carbocycles. The smallest absolute Gasteiger partial charge is 0.255 e. The topological polar surface area (TPSA) is 81.7 Å². The Kier molecular flexibility index (Phi) is 5.52. The van der Waals surface area contributed by atoms with E-state index in [0.29, 0.717) is 30.1 Å². The van der Waals surface area contributed by atoms with Crippen molar-refractivity contribution in [2.24, 2.45) is 0 Å². The van der Waals surface area contributed by atoms with Gasteiger partial charge in [0.15, 0.2) is 0 Å². The highest BCUT2D eigenvalue weighted by Gasteiger charge is 2.16. The van der Waals surface area contributed by atoms with Crippen molar-refractivity contribution in [1.82, 2.24) is 19.7 Å². The average Bonchev–Trinajstić information content (AvgIpc) is 3.38. The van der Waals surface area contributed by atoms with Crippen molar-refractivity contribution in [1.29, 1.82) is 0 Å². The van der Waals surface area contributed by atoms with Crippen LogP contribution in [-0.4, -0.2) is 32.9 Å². The maximum Gasteiger partial charge on any atom is 0.255 e. The van der Waals surface area contributed by atoms with Crippen LogP contribution in [0.1, 0.15) is 35.1 Å². The highest BCUT2D eigenvalue weighted by Crippen LogP contribution is 2.21. The van der Waals surface area contributed by atoms with Crippen LogP contribution in [0.4, 0.5) is 0 Å². The van der Waals surface area contributed by atoms with E-state index in [0.717, 1.165) is 22.7 Å². The van der Waals surface area contributed by atoms with Crippen LogP contribution in [0.5, 0.6) is 5.75 Å². The van der Waals surface area contributed by atoms with Gasteiger partial charge in [0.2, 0.25) is 5.89 Å². The SMILES string of the molecule is Cc1cc(C)n2ccc(C(=O)NC(C)CCOc3ccc(-c4ncco4)cc3)c2n1. The van der Waals surface area contributed by atoms with Crippen molar-refractivity contribution in [3.05, 3.63) is 72.0 Å². The Morgan fingerprint density at radius 2 is 2.03 bits per heavy atom. The first kappa shape index (κ1) is 19.7. The number of aryl methyl sites for hydroxylation is 2. The molecule has 0 aliphatic carbocycles. The minimum atomic E-state index is -0.127. The molecule has 154 valence electrons. The zero-order chi connectivity index (χ0) is 21.1. The Hall–Kier alpha value is -3.61. The number of fused-ring (bicyclic) bond motifs is 1. The third kappa shape index (κ3) is 4.20. The maximum absolute atomic E-state index is 12.7. The van der Waals surface area contributed by atoms with Crippen molar-refractivity contribution in [3.63, 3.8) is 0 Å². The summed E-state index contributed by atoms with van der Waals surface area (Å²) in [6.45, 7) is 6.39. The molecule has 0 saturated carbocycles. The molecular formula is C23H24N4O3. The number of oxazole rings is 1. The van der Waals surface area contributed by atoms with Gasteiger partial charge < -0.3 is 18.9 Å². The van der Waals surface area contributed by atoms with Crippen LogP contribution in [0.15, 0.2) is 59.5 Å². The molecule has 0 spiro atoms. The fraction of sp³-hybridized carbons (Fsp3) is 0.261. The van der Waals surface area contributed by atoms with Gasteiger partial charge in [-0.15, -0.1) is 0 Å². The summed E-state index contributed by atoms with van der Waals surface area (Å²) in [5.74, 6) is 1.21. The molecule has 1 unspecified atom stereocenters. The van der Waals surface area contributed by atoms with Gasteiger partial charge in [-0.3, -0.25) is 4.79 Å². The molecular weight excluding hydrogens is 380 g/mol. The van der Waals surface area contributed by atoms with Gasteiger partial charge in [0.1, 0.15) is 17.7 Å². The molecule has 1 amide bonds. The summed E-state index contributed by atoms with van der Waals surface area (Å²) in [6.07, 6.45) is 5.72. The van der Waals surface area contributed by atoms with Gasteiger partial charge in [-0.25, -0.2) is 9.97 Å². The van der Waals surface area contributed by atoms with Gasteiger partial charge in [-0.1, -0.05) is 0 Å². The van der Waals surface area contributed by atoms with Crippen LogP contribution in [0.25, 0.3) is 17.1 Å². The monoisotopic (exact) mass is 404 g/mol. The number of nitrogens with one attached hydrogen (secondary N) is 1. The van der Waals surface area contributed by atoms with E-state index >= 15 is 0 Å². The number of rotatable bonds is 7. The molecule has 0 aliphatic heterocycles. The Balaban J connectivity index is 1.31. The van der Waals surface area contributed by atoms with E-state index in [1.807, 2.05) is 67.8 Å². The van der Waals surface area contributed by atoms with Crippen molar-refractivity contribution in [2.45, 2.75) is 33.2 Å². The van der Waals surface area contributed by atoms with E-state index in [4.69, 9.17) is 9.15 Å². The minimum Gasteiger partial charge on any atom is -0.494 e. The summed E-state index contributed by atoms with van der Waals surface area (Å²) in [6, 6.07) is 11.3. The lowest BCUT2D eigenvalue weighted by atomic mass is 10.2. The van der Waals surface area contributed by atoms with E-state index < -0.39 is 0 Å². The van der Waals surface area contributed by atoms with Gasteiger partial charge >= 0.3 is 0 Å². The first-order valence-corrected chi connectivity index (χ1v) is 9.90. The van der Waals surface area contributed by atoms with Crippen LogP contribution in [0.3, 0.4) is 0 Å². The lowest BCUT2D eigenvalue weighted by molar-refractivity contribution is 0.0937. The first-order valence-electron chi connectivity index (χ1n) is 9.90. The summed E-state index contributed by atoms with van der Waals surface area (Å²) in [4.78, 5) is 21.4. The van der Waals surface area contributed by atoms with E-state index in [2.05, 4.69) is 15.3 Å². The number of amides is 1. The van der Waals surface area contributed by atoms with Crippen molar-refractivity contribution in [2.75, 3.05) is 6.61 Å². The molecule has 30 heavy (non-hydrogen) atoms. The predicted molar refractivity (Wildman–Crippen MR) is 114 cm³/mol. The van der Waals surface area contributed by atoms with E-state index in [1.54, 1.807) is 12.5 Å². The summed E-state index contributed by atoms with van der Waals surface area (Å²) < 4.78 is 13.0. The molecule has 4 rings (SSSR count). The summed E-state index contributed by atoms with van der Waals surface area (Å²) in [5.41, 5.74) is 4.10. The largest absolute Gasteiger partial charge is 0.494 e. The lowest BCUT2D eigenvalue weighted by Crippen LogP contribution is -2.33. The lowest BCUT2D eigenvalue weighted by Gasteiger charge is -2.14. The van der Waals surface area contributed by atoms with E-state index in [9.17, 15) is 4.79 Å². The van der Waals surface area contributed by atoms with Gasteiger partial charge in [0.25, 0.3) is 5.91 Å². The van der Waals surface area contributed by atoms with Crippen molar-refractivity contribution in [3.8, 4) is 17.2 Å². The number of hydrogen-bond donors (Lipinski definition) is 1. The first-order chi connectivity index (χ1) is 14.5. The van der Waals surface area contributed by atoms with E-state index in [1.165, 1.54) is 0 Å². The van der Waals surface area contributed by atoms with Crippen LogP contribution in [-0.2, 0) is 0 Å². The Morgan fingerprint density at radius 3 is 2.77 bits per heavy atom. The second-order valence-corrected chi connectivity index (χ2v) is 7.34. The van der Waals surface area contributed by atoms with Crippen LogP contribution in [0.2, 0.25) is 0 Å². The highest BCUT2D eigenvalue weighted by atomic mass is 16.5. The molecule has 3 aromatic heterocycles. The molecule has 0 saturated heterocycles. The number of hydrogen-bond acceptors (Lipinski definition) is 5. The van der Waals surface area contributed by atoms with Gasteiger partial charge in [0, 0.05) is 35.6 Å². The zero-order valence-electron chi connectivity index (χ0n) is 17.3. The van der Waals surface area contributed by atoms with Gasteiger partial charge in [-0.05, 0) is 57.2 Å². The molecule has 4 aromatic rings. The third-order valence-electron chi connectivity index (χ3n) is 4.91. The molecule has 1 N–H and O–H groups in total. The number of benzene rings is 1. The van der Waals surface area contributed by atoms with Gasteiger partial charge in [0.05, 0.1) is 18.4 Å². The van der Waals surface area contributed by atoms with E-state index in [-0.39, 0.29) is 11.9 Å². The summed E-state index contributed by atoms with van der Waals surface area (Å²) >= 11 is 0. The maximum atomic E-state index is 12.7. The van der Waals surface area contributed by atoms with Crippen LogP contribution >= 0.6 is 0 Å². The fourth-order valence-electron chi connectivity index (χ4n) is 3.36. The number of ether oxygens (including phenoxy) is 1. The summed E-state index contributed by atoms with van der Waals surface area (Å²) in [5, 5.41) is 3.03. The molecule has 7 nitrogen and oxygen atoms in total. The Bertz CT molecular complexity index is 1150. The summed E-state index contributed by atoms with van der Waals surface area (Å²) in [7, 11) is 0. The molecule has 0 bridgehead atoms. The average molecular weight is 404 g/mol. The molecule has 0 radical (unpaired) electrons. The predicted octanol–water partition coefficient (Wildman–Crippen LogP) is 4.19. The molecule has 1 atom stereocenters.